The van der Waals surface area contributed by atoms with Gasteiger partial charge in [0.25, 0.3) is 0 Å². The summed E-state index contributed by atoms with van der Waals surface area (Å²) in [4.78, 5) is 0. The summed E-state index contributed by atoms with van der Waals surface area (Å²) in [5.41, 5.74) is 10.7. The van der Waals surface area contributed by atoms with Crippen molar-refractivity contribution in [3.05, 3.63) is 45.6 Å². The van der Waals surface area contributed by atoms with Gasteiger partial charge in [-0.05, 0) is 107 Å². The summed E-state index contributed by atoms with van der Waals surface area (Å²) in [6.07, 6.45) is 6.35. The Balaban J connectivity index is 1.98. The topological polar surface area (TPSA) is 0 Å². The molecule has 0 amide bonds. The zero-order valence-corrected chi connectivity index (χ0v) is 31.1. The zero-order valence-electron chi connectivity index (χ0n) is 27.6. The minimum atomic E-state index is 0.149. The molecule has 4 heteroatoms. The van der Waals surface area contributed by atoms with Crippen LogP contribution in [0, 0.1) is 47.3 Å². The van der Waals surface area contributed by atoms with Crippen LogP contribution >= 0.6 is 26.5 Å². The number of allylic oxidation sites excluding steroid dienone is 8. The van der Waals surface area contributed by atoms with Gasteiger partial charge in [0, 0.05) is 0 Å². The van der Waals surface area contributed by atoms with E-state index in [-0.39, 0.29) is 26.5 Å². The lowest BCUT2D eigenvalue weighted by Crippen LogP contribution is -2.28. The molecule has 2 atom stereocenters. The van der Waals surface area contributed by atoms with Crippen molar-refractivity contribution < 1.29 is 0 Å². The Labute approximate surface area is 239 Å². The predicted octanol–water partition coefficient (Wildman–Crippen LogP) is 13.9. The van der Waals surface area contributed by atoms with Crippen LogP contribution in [-0.2, 0) is 10.3 Å². The second kappa shape index (κ2) is 10.5. The highest BCUT2D eigenvalue weighted by atomic mass is 33.1. The Kier molecular flexibility index (Phi) is 8.56. The van der Waals surface area contributed by atoms with Crippen LogP contribution in [-0.4, -0.2) is 0 Å². The van der Waals surface area contributed by atoms with Crippen molar-refractivity contribution in [2.75, 3.05) is 0 Å². The van der Waals surface area contributed by atoms with Gasteiger partial charge in [-0.25, -0.2) is 0 Å². The first kappa shape index (κ1) is 31.1. The standard InChI is InChI=1S/C34H58P4/c1-19(2)27-17-33(25(13)14,31(23(9)10)29(27)21(5)6)35-37-36(38(35)37)34(26(15)16)18-28(20(3)4)30(22(7)8)32(34)24(11)12/h17-26H,1-16H3. The van der Waals surface area contributed by atoms with Crippen molar-refractivity contribution in [1.82, 2.24) is 0 Å². The number of rotatable bonds is 10. The lowest BCUT2D eigenvalue weighted by molar-refractivity contribution is 0.479. The molecular formula is C34H58P4. The first-order valence-electron chi connectivity index (χ1n) is 15.6. The Bertz CT molecular complexity index is 1160. The Morgan fingerprint density at radius 2 is 0.711 bits per heavy atom. The minimum Gasteiger partial charge on any atom is -0.0617 e. The van der Waals surface area contributed by atoms with Crippen molar-refractivity contribution in [1.29, 1.82) is 0 Å². The number of hydrogen-bond donors (Lipinski definition) is 0. The van der Waals surface area contributed by atoms with E-state index >= 15 is 0 Å². The molecule has 0 aliphatic heterocycles. The van der Waals surface area contributed by atoms with Gasteiger partial charge in [0.1, 0.15) is 0 Å². The molecule has 0 bridgehead atoms. The average molecular weight is 591 g/mol. The quantitative estimate of drug-likeness (QED) is 0.258. The molecule has 214 valence electrons. The van der Waals surface area contributed by atoms with Crippen LogP contribution in [0.5, 0.6) is 0 Å². The molecule has 0 nitrogen and oxygen atoms in total. The summed E-state index contributed by atoms with van der Waals surface area (Å²) in [6, 6.07) is 0. The smallest absolute Gasteiger partial charge is 0.0598 e. The van der Waals surface area contributed by atoms with Crippen molar-refractivity contribution in [2.24, 2.45) is 47.3 Å². The summed E-state index contributed by atoms with van der Waals surface area (Å²) in [5.74, 6) is 5.27. The van der Waals surface area contributed by atoms with Gasteiger partial charge in [-0.15, -0.1) is 0 Å². The molecular weight excluding hydrogens is 532 g/mol. The molecule has 2 aliphatic carbocycles. The van der Waals surface area contributed by atoms with E-state index in [1.165, 1.54) is 0 Å². The molecule has 0 spiro atoms. The van der Waals surface area contributed by atoms with Gasteiger partial charge < -0.3 is 0 Å². The molecule has 2 aromatic rings. The molecule has 0 fully saturated rings. The fourth-order valence-corrected chi connectivity index (χ4v) is 68.5. The fourth-order valence-electron chi connectivity index (χ4n) is 8.01. The minimum absolute atomic E-state index is 0.149. The summed E-state index contributed by atoms with van der Waals surface area (Å²) < 4.78 is 0. The van der Waals surface area contributed by atoms with E-state index in [1.807, 2.05) is 11.1 Å². The fraction of sp³-hybridized carbons (Fsp3) is 0.765. The third kappa shape index (κ3) is 4.28. The van der Waals surface area contributed by atoms with E-state index in [9.17, 15) is 0 Å². The molecule has 4 rings (SSSR count). The van der Waals surface area contributed by atoms with Crippen LogP contribution in [0.25, 0.3) is 0 Å². The van der Waals surface area contributed by atoms with E-state index in [4.69, 9.17) is 0 Å². The first-order chi connectivity index (χ1) is 17.5. The third-order valence-electron chi connectivity index (χ3n) is 9.57. The highest BCUT2D eigenvalue weighted by Crippen LogP contribution is 3.16. The van der Waals surface area contributed by atoms with E-state index in [0.717, 1.165) is 11.8 Å². The monoisotopic (exact) mass is 590 g/mol. The number of fused-ring (bicyclic) bond motifs is 1. The van der Waals surface area contributed by atoms with Crippen LogP contribution in [0.1, 0.15) is 111 Å². The van der Waals surface area contributed by atoms with Gasteiger partial charge in [-0.3, -0.25) is 0 Å². The molecule has 2 aliphatic rings. The maximum Gasteiger partial charge on any atom is 0.0598 e. The SMILES string of the molecule is CC(C)C1=CC(C(C)C)(p2p3p(C4(C(C)C)C=C(C(C)C)C(C(C)C)=C4C(C)C)p23)C(C(C)C)=C1C(C)C. The lowest BCUT2D eigenvalue weighted by atomic mass is 9.80. The molecule has 38 heavy (non-hydrogen) atoms. The van der Waals surface area contributed by atoms with Crippen LogP contribution < -0.4 is 0 Å². The maximum atomic E-state index is 2.91. The summed E-state index contributed by atoms with van der Waals surface area (Å²) in [7, 11) is 0. The van der Waals surface area contributed by atoms with E-state index in [2.05, 4.69) is 123 Å². The molecule has 2 heterocycles. The van der Waals surface area contributed by atoms with Gasteiger partial charge in [-0.1, -0.05) is 123 Å². The van der Waals surface area contributed by atoms with Crippen LogP contribution in [0.4, 0.5) is 0 Å². The van der Waals surface area contributed by atoms with Crippen LogP contribution in [0.3, 0.4) is 0 Å². The lowest BCUT2D eigenvalue weighted by Gasteiger charge is -2.40. The van der Waals surface area contributed by atoms with Gasteiger partial charge >= 0.3 is 0 Å². The second-order valence-corrected chi connectivity index (χ2v) is 38.1. The van der Waals surface area contributed by atoms with E-state index < -0.39 is 0 Å². The van der Waals surface area contributed by atoms with Crippen molar-refractivity contribution in [2.45, 2.75) is 121 Å². The summed E-state index contributed by atoms with van der Waals surface area (Å²) in [6.45, 7) is 40.3. The van der Waals surface area contributed by atoms with Gasteiger partial charge in [0.15, 0.2) is 0 Å². The molecule has 0 saturated carbocycles. The Morgan fingerprint density at radius 1 is 0.421 bits per heavy atom. The van der Waals surface area contributed by atoms with Crippen molar-refractivity contribution >= 4 is 26.5 Å². The van der Waals surface area contributed by atoms with Crippen LogP contribution in [0.15, 0.2) is 45.6 Å². The van der Waals surface area contributed by atoms with Gasteiger partial charge in [-0.2, -0.15) is 0 Å². The molecule has 2 unspecified atom stereocenters. The zero-order chi connectivity index (χ0) is 28.8. The first-order valence-corrected chi connectivity index (χ1v) is 24.5. The highest BCUT2D eigenvalue weighted by molar-refractivity contribution is 9.08. The average Bonchev–Trinajstić information content (AvgIpc) is 3.59. The molecule has 2 aromatic heterocycles. The van der Waals surface area contributed by atoms with Gasteiger partial charge in [0.05, 0.1) is 10.3 Å². The molecule has 0 radical (unpaired) electrons. The largest absolute Gasteiger partial charge is 0.0617 e. The molecule has 0 aromatic carbocycles. The Morgan fingerprint density at radius 3 is 0.895 bits per heavy atom. The second-order valence-electron chi connectivity index (χ2n) is 14.9. The normalized spacial score (nSPS) is 27.4. The van der Waals surface area contributed by atoms with Crippen molar-refractivity contribution in [3.63, 3.8) is 0 Å². The Hall–Kier alpha value is 0.160. The molecule has 0 saturated heterocycles. The highest BCUT2D eigenvalue weighted by Gasteiger charge is 2.59. The summed E-state index contributed by atoms with van der Waals surface area (Å²) in [5, 5.41) is 0.784. The van der Waals surface area contributed by atoms with Crippen molar-refractivity contribution in [3.8, 4) is 0 Å². The summed E-state index contributed by atoms with van der Waals surface area (Å²) >= 11 is 0. The van der Waals surface area contributed by atoms with Crippen LogP contribution in [0.2, 0.25) is 0 Å². The molecule has 0 N–H and O–H groups in total. The maximum absolute atomic E-state index is 2.91. The van der Waals surface area contributed by atoms with Gasteiger partial charge in [0.2, 0.25) is 0 Å². The predicted molar refractivity (Wildman–Crippen MR) is 182 cm³/mol. The third-order valence-corrected chi connectivity index (χ3v) is 49.8. The number of hydrogen-bond acceptors (Lipinski definition) is 0. The van der Waals surface area contributed by atoms with E-state index in [1.54, 1.807) is 22.3 Å². The van der Waals surface area contributed by atoms with E-state index in [0.29, 0.717) is 45.8 Å².